The summed E-state index contributed by atoms with van der Waals surface area (Å²) >= 11 is 0. The first-order valence-electron chi connectivity index (χ1n) is 12.8. The molecule has 3 aromatic rings. The van der Waals surface area contributed by atoms with E-state index < -0.39 is 0 Å². The van der Waals surface area contributed by atoms with Crippen molar-refractivity contribution in [1.82, 2.24) is 4.90 Å². The molecule has 0 saturated carbocycles. The summed E-state index contributed by atoms with van der Waals surface area (Å²) < 4.78 is 5.56. The Morgan fingerprint density at radius 2 is 1.61 bits per heavy atom. The van der Waals surface area contributed by atoms with Crippen LogP contribution in [0.4, 0.5) is 11.4 Å². The predicted octanol–water partition coefficient (Wildman–Crippen LogP) is 4.86. The Balaban J connectivity index is 1.14. The van der Waals surface area contributed by atoms with Gasteiger partial charge < -0.3 is 19.9 Å². The average molecular weight is 484 g/mol. The van der Waals surface area contributed by atoms with Gasteiger partial charge in [-0.3, -0.25) is 9.59 Å². The highest BCUT2D eigenvalue weighted by molar-refractivity contribution is 5.97. The number of likely N-dealkylation sites (tertiary alicyclic amines) is 1. The third kappa shape index (κ3) is 5.77. The molecule has 0 atom stereocenters. The number of anilines is 2. The second-order valence-electron chi connectivity index (χ2n) is 9.54. The number of amides is 2. The SMILES string of the molecule is O=C(CCc1ccccc1)Nc1ccccc1C1CCN(CCN2C(=O)COc3ccccc32)CC1. The lowest BCUT2D eigenvalue weighted by atomic mass is 9.88. The van der Waals surface area contributed by atoms with Gasteiger partial charge in [-0.15, -0.1) is 0 Å². The van der Waals surface area contributed by atoms with Crippen LogP contribution < -0.4 is 15.0 Å². The number of piperidine rings is 1. The minimum absolute atomic E-state index is 0.0144. The lowest BCUT2D eigenvalue weighted by Crippen LogP contribution is -2.44. The highest BCUT2D eigenvalue weighted by Gasteiger charge is 2.27. The first-order valence-corrected chi connectivity index (χ1v) is 12.8. The molecule has 3 aromatic carbocycles. The van der Waals surface area contributed by atoms with Gasteiger partial charge in [-0.1, -0.05) is 60.7 Å². The Morgan fingerprint density at radius 1 is 0.889 bits per heavy atom. The summed E-state index contributed by atoms with van der Waals surface area (Å²) in [5.74, 6) is 1.26. The molecule has 0 aromatic heterocycles. The van der Waals surface area contributed by atoms with Gasteiger partial charge in [0.2, 0.25) is 5.91 Å². The van der Waals surface area contributed by atoms with Crippen LogP contribution in [-0.2, 0) is 16.0 Å². The second-order valence-corrected chi connectivity index (χ2v) is 9.54. The highest BCUT2D eigenvalue weighted by Crippen LogP contribution is 2.34. The predicted molar refractivity (Wildman–Crippen MR) is 143 cm³/mol. The minimum Gasteiger partial charge on any atom is -0.482 e. The molecule has 0 spiro atoms. The van der Waals surface area contributed by atoms with Gasteiger partial charge in [0, 0.05) is 25.2 Å². The fourth-order valence-electron chi connectivity index (χ4n) is 5.19. The van der Waals surface area contributed by atoms with Crippen LogP contribution >= 0.6 is 0 Å². The van der Waals surface area contributed by atoms with Crippen molar-refractivity contribution in [3.8, 4) is 5.75 Å². The van der Waals surface area contributed by atoms with Gasteiger partial charge >= 0.3 is 0 Å². The summed E-state index contributed by atoms with van der Waals surface area (Å²) in [5, 5.41) is 3.16. The number of hydrogen-bond acceptors (Lipinski definition) is 4. The van der Waals surface area contributed by atoms with E-state index in [0.29, 0.717) is 18.9 Å². The van der Waals surface area contributed by atoms with Crippen LogP contribution in [0.15, 0.2) is 78.9 Å². The van der Waals surface area contributed by atoms with E-state index in [1.807, 2.05) is 59.5 Å². The zero-order chi connectivity index (χ0) is 24.7. The Hall–Kier alpha value is -3.64. The molecule has 0 aliphatic carbocycles. The van der Waals surface area contributed by atoms with Crippen LogP contribution in [0.5, 0.6) is 5.75 Å². The first-order chi connectivity index (χ1) is 17.7. The summed E-state index contributed by atoms with van der Waals surface area (Å²) in [6.45, 7) is 3.55. The van der Waals surface area contributed by atoms with E-state index in [0.717, 1.165) is 56.0 Å². The molecule has 1 saturated heterocycles. The standard InChI is InChI=1S/C30H33N3O3/c34-29(15-14-23-8-2-1-3-9-23)31-26-11-5-4-10-25(26)24-16-18-32(19-17-24)20-21-33-27-12-6-7-13-28(27)36-22-30(33)35/h1-13,24H,14-22H2,(H,31,34). The van der Waals surface area contributed by atoms with Crippen molar-refractivity contribution in [3.63, 3.8) is 0 Å². The zero-order valence-corrected chi connectivity index (χ0v) is 20.6. The molecule has 2 aliphatic heterocycles. The number of carbonyl (C=O) groups excluding carboxylic acids is 2. The second kappa shape index (κ2) is 11.4. The van der Waals surface area contributed by atoms with Gasteiger partial charge in [-0.25, -0.2) is 0 Å². The maximum Gasteiger partial charge on any atom is 0.265 e. The van der Waals surface area contributed by atoms with E-state index in [9.17, 15) is 9.59 Å². The van der Waals surface area contributed by atoms with Crippen molar-refractivity contribution in [1.29, 1.82) is 0 Å². The molecule has 1 N–H and O–H groups in total. The molecule has 186 valence electrons. The number of rotatable bonds is 8. The number of ether oxygens (including phenoxy) is 1. The lowest BCUT2D eigenvalue weighted by Gasteiger charge is -2.35. The number of fused-ring (bicyclic) bond motifs is 1. The summed E-state index contributed by atoms with van der Waals surface area (Å²) in [6, 6.07) is 26.1. The summed E-state index contributed by atoms with van der Waals surface area (Å²) in [4.78, 5) is 29.4. The van der Waals surface area contributed by atoms with Crippen molar-refractivity contribution in [2.45, 2.75) is 31.6 Å². The maximum atomic E-state index is 12.7. The smallest absolute Gasteiger partial charge is 0.265 e. The van der Waals surface area contributed by atoms with Crippen molar-refractivity contribution >= 4 is 23.2 Å². The van der Waals surface area contributed by atoms with Gasteiger partial charge in [0.05, 0.1) is 5.69 Å². The van der Waals surface area contributed by atoms with Crippen LogP contribution in [0.2, 0.25) is 0 Å². The lowest BCUT2D eigenvalue weighted by molar-refractivity contribution is -0.121. The fraction of sp³-hybridized carbons (Fsp3) is 0.333. The van der Waals surface area contributed by atoms with Crippen molar-refractivity contribution in [2.75, 3.05) is 43.0 Å². The quantitative estimate of drug-likeness (QED) is 0.497. The van der Waals surface area contributed by atoms with Crippen LogP contribution in [0.3, 0.4) is 0 Å². The molecular formula is C30H33N3O3. The number of carbonyl (C=O) groups is 2. The normalized spacial score (nSPS) is 16.3. The largest absolute Gasteiger partial charge is 0.482 e. The average Bonchev–Trinajstić information content (AvgIpc) is 2.93. The fourth-order valence-corrected chi connectivity index (χ4v) is 5.19. The van der Waals surface area contributed by atoms with Gasteiger partial charge in [0.1, 0.15) is 5.75 Å². The summed E-state index contributed by atoms with van der Waals surface area (Å²) in [6.07, 6.45) is 3.28. The Bertz CT molecular complexity index is 1190. The number of benzene rings is 3. The molecule has 5 rings (SSSR count). The maximum absolute atomic E-state index is 12.7. The summed E-state index contributed by atoms with van der Waals surface area (Å²) in [5.41, 5.74) is 4.20. The molecule has 0 unspecified atom stereocenters. The number of nitrogens with one attached hydrogen (secondary N) is 1. The van der Waals surface area contributed by atoms with Crippen molar-refractivity contribution in [2.24, 2.45) is 0 Å². The van der Waals surface area contributed by atoms with Crippen molar-refractivity contribution < 1.29 is 14.3 Å². The van der Waals surface area contributed by atoms with E-state index in [2.05, 4.69) is 34.5 Å². The van der Waals surface area contributed by atoms with E-state index in [1.54, 1.807) is 0 Å². The monoisotopic (exact) mass is 483 g/mol. The summed E-state index contributed by atoms with van der Waals surface area (Å²) in [7, 11) is 0. The van der Waals surface area contributed by atoms with E-state index in [1.165, 1.54) is 11.1 Å². The van der Waals surface area contributed by atoms with Gasteiger partial charge in [0.25, 0.3) is 5.91 Å². The molecule has 2 amide bonds. The Labute approximate surface area is 212 Å². The third-order valence-corrected chi connectivity index (χ3v) is 7.19. The van der Waals surface area contributed by atoms with Crippen LogP contribution in [0, 0.1) is 0 Å². The van der Waals surface area contributed by atoms with Crippen molar-refractivity contribution in [3.05, 3.63) is 90.0 Å². The molecule has 36 heavy (non-hydrogen) atoms. The van der Waals surface area contributed by atoms with Crippen LogP contribution in [-0.4, -0.2) is 49.5 Å². The molecule has 1 fully saturated rings. The van der Waals surface area contributed by atoms with Crippen LogP contribution in [0.1, 0.15) is 36.3 Å². The van der Waals surface area contributed by atoms with Gasteiger partial charge in [-0.05, 0) is 67.6 Å². The molecule has 0 radical (unpaired) electrons. The first kappa shape index (κ1) is 24.1. The topological polar surface area (TPSA) is 61.9 Å². The molecular weight excluding hydrogens is 450 g/mol. The number of hydrogen-bond donors (Lipinski definition) is 1. The minimum atomic E-state index is 0.0144. The number of nitrogens with zero attached hydrogens (tertiary/aromatic N) is 2. The van der Waals surface area contributed by atoms with Gasteiger partial charge in [-0.2, -0.15) is 0 Å². The zero-order valence-electron chi connectivity index (χ0n) is 20.6. The number of para-hydroxylation sites is 3. The third-order valence-electron chi connectivity index (χ3n) is 7.19. The molecule has 6 heteroatoms. The van der Waals surface area contributed by atoms with Gasteiger partial charge in [0.15, 0.2) is 6.61 Å². The Kier molecular flexibility index (Phi) is 7.62. The van der Waals surface area contributed by atoms with E-state index in [4.69, 9.17) is 4.74 Å². The molecule has 6 nitrogen and oxygen atoms in total. The van der Waals surface area contributed by atoms with E-state index in [-0.39, 0.29) is 18.4 Å². The van der Waals surface area contributed by atoms with Crippen LogP contribution in [0.25, 0.3) is 0 Å². The highest BCUT2D eigenvalue weighted by atomic mass is 16.5. The molecule has 0 bridgehead atoms. The number of aryl methyl sites for hydroxylation is 1. The molecule has 2 heterocycles. The molecule has 2 aliphatic rings. The van der Waals surface area contributed by atoms with E-state index >= 15 is 0 Å². The Morgan fingerprint density at radius 3 is 2.44 bits per heavy atom.